The summed E-state index contributed by atoms with van der Waals surface area (Å²) in [7, 11) is 0. The second kappa shape index (κ2) is 4.31. The minimum Gasteiger partial charge on any atom is -0.611 e. The normalized spacial score (nSPS) is 29.0. The van der Waals surface area contributed by atoms with E-state index < -0.39 is 23.3 Å². The van der Waals surface area contributed by atoms with Gasteiger partial charge >= 0.3 is 5.97 Å². The summed E-state index contributed by atoms with van der Waals surface area (Å²) in [5, 5.41) is 8.77. The van der Waals surface area contributed by atoms with Crippen molar-refractivity contribution in [3.8, 4) is 0 Å². The summed E-state index contributed by atoms with van der Waals surface area (Å²) in [6.07, 6.45) is 1.86. The average Bonchev–Trinajstić information content (AvgIpc) is 2.41. The molecule has 1 aliphatic heterocycles. The lowest BCUT2D eigenvalue weighted by molar-refractivity contribution is -0.132. The van der Waals surface area contributed by atoms with Gasteiger partial charge in [-0.1, -0.05) is 0 Å². The van der Waals surface area contributed by atoms with Gasteiger partial charge in [-0.2, -0.15) is 0 Å². The number of hydrogen-bond acceptors (Lipinski definition) is 3. The van der Waals surface area contributed by atoms with Crippen molar-refractivity contribution in [1.29, 1.82) is 0 Å². The third-order valence-electron chi connectivity index (χ3n) is 2.28. The topological polar surface area (TPSA) is 69.6 Å². The minimum atomic E-state index is -1.58. The summed E-state index contributed by atoms with van der Waals surface area (Å²) in [6, 6.07) is 0. The molecule has 4 nitrogen and oxygen atoms in total. The Bertz CT molecular complexity index is 413. The molecule has 0 aromatic carbocycles. The smallest absolute Gasteiger partial charge is 0.335 e. The lowest BCUT2D eigenvalue weighted by atomic mass is 10.0. The molecule has 1 N–H and O–H groups in total. The van der Waals surface area contributed by atoms with Gasteiger partial charge in [0.05, 0.1) is 17.4 Å². The van der Waals surface area contributed by atoms with E-state index in [1.165, 1.54) is 12.3 Å². The summed E-state index contributed by atoms with van der Waals surface area (Å²) in [4.78, 5) is 11.0. The van der Waals surface area contributed by atoms with Gasteiger partial charge in [-0.3, -0.25) is 0 Å². The van der Waals surface area contributed by atoms with Crippen LogP contribution in [0, 0.1) is 0 Å². The quantitative estimate of drug-likeness (QED) is 0.696. The molecule has 0 fully saturated rings. The Hall–Kier alpha value is -1.27. The van der Waals surface area contributed by atoms with Crippen LogP contribution in [0.4, 0.5) is 4.39 Å². The Labute approximate surface area is 94.3 Å². The van der Waals surface area contributed by atoms with Crippen LogP contribution in [0.3, 0.4) is 0 Å². The standard InChI is InChI=1S/C10H9FO4S/c11-8-3-6(10(12)13)4-9-7(8)5-15-1-2-16(9)14/h3-5,8H,1-2H2,(H,12,13). The third-order valence-corrected chi connectivity index (χ3v) is 3.66. The number of rotatable bonds is 1. The van der Waals surface area contributed by atoms with Crippen molar-refractivity contribution in [3.63, 3.8) is 0 Å². The van der Waals surface area contributed by atoms with E-state index >= 15 is 0 Å². The zero-order valence-electron chi connectivity index (χ0n) is 8.18. The van der Waals surface area contributed by atoms with Crippen LogP contribution in [0.25, 0.3) is 0 Å². The number of allylic oxidation sites excluding steroid dienone is 2. The van der Waals surface area contributed by atoms with Crippen LogP contribution in [0.2, 0.25) is 0 Å². The summed E-state index contributed by atoms with van der Waals surface area (Å²) in [5.41, 5.74) is -0.0178. The number of fused-ring (bicyclic) bond motifs is 1. The van der Waals surface area contributed by atoms with Gasteiger partial charge in [-0.15, -0.1) is 0 Å². The van der Waals surface area contributed by atoms with Crippen LogP contribution in [0.1, 0.15) is 0 Å². The number of ether oxygens (including phenoxy) is 1. The van der Waals surface area contributed by atoms with Gasteiger partial charge in [0.1, 0.15) is 12.4 Å². The van der Waals surface area contributed by atoms with Gasteiger partial charge in [-0.25, -0.2) is 9.18 Å². The lowest BCUT2D eigenvalue weighted by Crippen LogP contribution is -2.19. The minimum absolute atomic E-state index is 0.154. The summed E-state index contributed by atoms with van der Waals surface area (Å²) >= 11 is -1.41. The maximum atomic E-state index is 13.6. The van der Waals surface area contributed by atoms with Gasteiger partial charge in [0.15, 0.2) is 11.1 Å². The van der Waals surface area contributed by atoms with Crippen molar-refractivity contribution in [2.24, 2.45) is 0 Å². The van der Waals surface area contributed by atoms with E-state index in [9.17, 15) is 13.7 Å². The van der Waals surface area contributed by atoms with Crippen molar-refractivity contribution in [2.45, 2.75) is 6.17 Å². The SMILES string of the molecule is O=C(O)C1=CC(F)C2=COCC[S+]([O-])C2=C1. The van der Waals surface area contributed by atoms with Crippen molar-refractivity contribution in [2.75, 3.05) is 12.4 Å². The van der Waals surface area contributed by atoms with Gasteiger partial charge in [-0.05, 0) is 17.3 Å². The number of hydrogen-bond donors (Lipinski definition) is 1. The van der Waals surface area contributed by atoms with Crippen molar-refractivity contribution >= 4 is 17.1 Å². The second-order valence-corrected chi connectivity index (χ2v) is 4.87. The molecule has 0 radical (unpaired) electrons. The van der Waals surface area contributed by atoms with Crippen LogP contribution in [-0.4, -0.2) is 34.2 Å². The zero-order chi connectivity index (χ0) is 11.7. The van der Waals surface area contributed by atoms with E-state index in [-0.39, 0.29) is 28.4 Å². The molecule has 0 amide bonds. The highest BCUT2D eigenvalue weighted by atomic mass is 32.2. The molecule has 0 bridgehead atoms. The highest BCUT2D eigenvalue weighted by Gasteiger charge is 2.32. The molecule has 1 aliphatic carbocycles. The Morgan fingerprint density at radius 3 is 3.12 bits per heavy atom. The first kappa shape index (κ1) is 11.2. The molecule has 0 saturated carbocycles. The van der Waals surface area contributed by atoms with Gasteiger partial charge in [0, 0.05) is 6.08 Å². The lowest BCUT2D eigenvalue weighted by Gasteiger charge is -2.17. The predicted molar refractivity (Wildman–Crippen MR) is 55.7 cm³/mol. The molecule has 0 aromatic rings. The number of carboxylic acids is 1. The Morgan fingerprint density at radius 2 is 2.44 bits per heavy atom. The molecule has 2 atom stereocenters. The molecule has 86 valence electrons. The Morgan fingerprint density at radius 1 is 1.69 bits per heavy atom. The van der Waals surface area contributed by atoms with E-state index in [2.05, 4.69) is 0 Å². The van der Waals surface area contributed by atoms with Crippen LogP contribution in [-0.2, 0) is 20.7 Å². The fourth-order valence-corrected chi connectivity index (χ4v) is 2.64. The van der Waals surface area contributed by atoms with E-state index in [4.69, 9.17) is 9.84 Å². The zero-order valence-corrected chi connectivity index (χ0v) is 9.00. The molecular weight excluding hydrogens is 235 g/mol. The predicted octanol–water partition coefficient (Wildman–Crippen LogP) is 0.896. The maximum absolute atomic E-state index is 13.6. The van der Waals surface area contributed by atoms with E-state index in [0.29, 0.717) is 0 Å². The number of carbonyl (C=O) groups is 1. The van der Waals surface area contributed by atoms with Crippen LogP contribution in [0.5, 0.6) is 0 Å². The Balaban J connectivity index is 2.42. The van der Waals surface area contributed by atoms with E-state index in [0.717, 1.165) is 6.08 Å². The first-order chi connectivity index (χ1) is 7.59. The third kappa shape index (κ3) is 1.98. The molecule has 0 aromatic heterocycles. The molecule has 2 aliphatic rings. The molecule has 0 spiro atoms. The summed E-state index contributed by atoms with van der Waals surface area (Å²) in [6.45, 7) is 0.239. The molecule has 6 heteroatoms. The van der Waals surface area contributed by atoms with Crippen LogP contribution >= 0.6 is 0 Å². The molecule has 1 heterocycles. The molecule has 0 saturated heterocycles. The largest absolute Gasteiger partial charge is 0.611 e. The average molecular weight is 244 g/mol. The molecule has 2 unspecified atom stereocenters. The van der Waals surface area contributed by atoms with Crippen molar-refractivity contribution < 1.29 is 23.6 Å². The molecule has 16 heavy (non-hydrogen) atoms. The first-order valence-electron chi connectivity index (χ1n) is 4.61. The van der Waals surface area contributed by atoms with E-state index in [1.54, 1.807) is 0 Å². The first-order valence-corrected chi connectivity index (χ1v) is 5.93. The van der Waals surface area contributed by atoms with Crippen molar-refractivity contribution in [1.82, 2.24) is 0 Å². The fourth-order valence-electron chi connectivity index (χ4n) is 1.49. The summed E-state index contributed by atoms with van der Waals surface area (Å²) in [5.74, 6) is -0.984. The van der Waals surface area contributed by atoms with E-state index in [1.807, 2.05) is 0 Å². The molecule has 2 rings (SSSR count). The van der Waals surface area contributed by atoms with Gasteiger partial charge < -0.3 is 14.4 Å². The van der Waals surface area contributed by atoms with Crippen LogP contribution in [0.15, 0.2) is 34.5 Å². The molecular formula is C10H9FO4S. The van der Waals surface area contributed by atoms with Crippen molar-refractivity contribution in [3.05, 3.63) is 34.5 Å². The van der Waals surface area contributed by atoms with Gasteiger partial charge in [0.2, 0.25) is 0 Å². The monoisotopic (exact) mass is 244 g/mol. The number of halogens is 1. The highest BCUT2D eigenvalue weighted by molar-refractivity contribution is 7.95. The number of aliphatic carboxylic acids is 1. The number of alkyl halides is 1. The number of carboxylic acid groups (broad SMARTS) is 1. The maximum Gasteiger partial charge on any atom is 0.335 e. The highest BCUT2D eigenvalue weighted by Crippen LogP contribution is 2.31. The second-order valence-electron chi connectivity index (χ2n) is 3.33. The summed E-state index contributed by atoms with van der Waals surface area (Å²) < 4.78 is 30.3. The Kier molecular flexibility index (Phi) is 3.02. The fraction of sp³-hybridized carbons (Fsp3) is 0.300. The van der Waals surface area contributed by atoms with Gasteiger partial charge in [0.25, 0.3) is 0 Å². The van der Waals surface area contributed by atoms with Crippen LogP contribution < -0.4 is 0 Å².